The second-order valence-electron chi connectivity index (χ2n) is 2.41. The second kappa shape index (κ2) is 1.95. The lowest BCUT2D eigenvalue weighted by atomic mass is 10.5. The number of H-pyrrole nitrogens is 1. The molecule has 0 radical (unpaired) electrons. The van der Waals surface area contributed by atoms with Gasteiger partial charge in [0.25, 0.3) is 0 Å². The largest absolute Gasteiger partial charge is 0.360 e. The number of aryl methyl sites for hydroxylation is 1. The molecular formula is C7H7N3O. The van der Waals surface area contributed by atoms with Crippen LogP contribution in [0.3, 0.4) is 0 Å². The van der Waals surface area contributed by atoms with Crippen molar-refractivity contribution in [2.24, 2.45) is 0 Å². The van der Waals surface area contributed by atoms with Crippen LogP contribution in [0.1, 0.15) is 5.69 Å². The lowest BCUT2D eigenvalue weighted by Gasteiger charge is -1.93. The first-order chi connectivity index (χ1) is 5.27. The van der Waals surface area contributed by atoms with E-state index in [0.717, 1.165) is 11.2 Å². The lowest BCUT2D eigenvalue weighted by Crippen LogP contribution is -2.13. The molecule has 0 atom stereocenters. The van der Waals surface area contributed by atoms with E-state index in [2.05, 4.69) is 10.1 Å². The molecule has 0 saturated carbocycles. The van der Waals surface area contributed by atoms with Crippen LogP contribution in [0.25, 0.3) is 5.52 Å². The first kappa shape index (κ1) is 6.15. The molecule has 0 saturated heterocycles. The molecule has 2 heterocycles. The van der Waals surface area contributed by atoms with E-state index in [4.69, 9.17) is 0 Å². The van der Waals surface area contributed by atoms with Gasteiger partial charge in [0.15, 0.2) is 0 Å². The summed E-state index contributed by atoms with van der Waals surface area (Å²) in [5.41, 5.74) is 1.58. The molecule has 0 aromatic carbocycles. The highest BCUT2D eigenvalue weighted by molar-refractivity contribution is 5.45. The minimum atomic E-state index is -0.322. The molecule has 56 valence electrons. The van der Waals surface area contributed by atoms with Gasteiger partial charge in [-0.15, -0.1) is 0 Å². The Kier molecular flexibility index (Phi) is 1.09. The number of nitrogens with zero attached hydrogens (tertiary/aromatic N) is 2. The van der Waals surface area contributed by atoms with Crippen molar-refractivity contribution < 1.29 is 0 Å². The Bertz CT molecular complexity index is 440. The summed E-state index contributed by atoms with van der Waals surface area (Å²) in [7, 11) is 0. The van der Waals surface area contributed by atoms with Gasteiger partial charge in [-0.3, -0.25) is 4.52 Å². The maximum atomic E-state index is 10.7. The Hall–Kier alpha value is -1.58. The smallest absolute Gasteiger partial charge is 0.255 e. The van der Waals surface area contributed by atoms with Crippen LogP contribution >= 0.6 is 0 Å². The number of fused-ring (bicyclic) bond motifs is 1. The molecule has 11 heavy (non-hydrogen) atoms. The highest BCUT2D eigenvalue weighted by Crippen LogP contribution is 2.02. The van der Waals surface area contributed by atoms with E-state index in [0.29, 0.717) is 0 Å². The van der Waals surface area contributed by atoms with E-state index >= 15 is 0 Å². The third-order valence-electron chi connectivity index (χ3n) is 1.63. The standard InChI is InChI=1S/C7H7N3O/c1-5-2-3-6-4-8-7(11)9-10(5)6/h2-4H,1H3,(H,9,11). The minimum Gasteiger partial charge on any atom is -0.255 e. The minimum absolute atomic E-state index is 0.322. The van der Waals surface area contributed by atoms with Crippen molar-refractivity contribution >= 4 is 5.52 Å². The zero-order chi connectivity index (χ0) is 7.84. The van der Waals surface area contributed by atoms with Crippen LogP contribution in [0.4, 0.5) is 0 Å². The maximum absolute atomic E-state index is 10.7. The summed E-state index contributed by atoms with van der Waals surface area (Å²) in [5, 5.41) is 2.59. The molecule has 0 bridgehead atoms. The van der Waals surface area contributed by atoms with Crippen LogP contribution in [0.2, 0.25) is 0 Å². The highest BCUT2D eigenvalue weighted by atomic mass is 16.1. The summed E-state index contributed by atoms with van der Waals surface area (Å²) in [5.74, 6) is 0. The molecule has 0 aliphatic carbocycles. The van der Waals surface area contributed by atoms with Crippen molar-refractivity contribution in [3.63, 3.8) is 0 Å². The average Bonchev–Trinajstić information content (AvgIpc) is 2.33. The molecule has 2 rings (SSSR count). The summed E-state index contributed by atoms with van der Waals surface area (Å²) in [4.78, 5) is 14.3. The first-order valence-electron chi connectivity index (χ1n) is 3.31. The quantitative estimate of drug-likeness (QED) is 0.586. The summed E-state index contributed by atoms with van der Waals surface area (Å²) >= 11 is 0. The lowest BCUT2D eigenvalue weighted by molar-refractivity contribution is 0.834. The molecule has 0 fully saturated rings. The Morgan fingerprint density at radius 1 is 1.55 bits per heavy atom. The van der Waals surface area contributed by atoms with Gasteiger partial charge in [0.05, 0.1) is 11.7 Å². The maximum Gasteiger partial charge on any atom is 0.360 e. The fourth-order valence-electron chi connectivity index (χ4n) is 1.06. The Balaban J connectivity index is 2.98. The summed E-state index contributed by atoms with van der Waals surface area (Å²) in [6.07, 6.45) is 1.55. The van der Waals surface area contributed by atoms with Gasteiger partial charge in [-0.25, -0.2) is 9.89 Å². The van der Waals surface area contributed by atoms with Crippen LogP contribution in [0, 0.1) is 6.92 Å². The molecule has 0 aliphatic rings. The van der Waals surface area contributed by atoms with Crippen LogP contribution in [-0.4, -0.2) is 14.6 Å². The number of aromatic amines is 1. The number of hydrogen-bond acceptors (Lipinski definition) is 2. The summed E-state index contributed by atoms with van der Waals surface area (Å²) in [6.45, 7) is 1.92. The topological polar surface area (TPSA) is 50.2 Å². The molecule has 0 amide bonds. The van der Waals surface area contributed by atoms with Gasteiger partial charge in [0, 0.05) is 5.69 Å². The van der Waals surface area contributed by atoms with E-state index in [1.54, 1.807) is 10.7 Å². The predicted molar refractivity (Wildman–Crippen MR) is 40.5 cm³/mol. The van der Waals surface area contributed by atoms with Gasteiger partial charge in [-0.05, 0) is 19.1 Å². The summed E-state index contributed by atoms with van der Waals surface area (Å²) in [6, 6.07) is 3.82. The average molecular weight is 149 g/mol. The molecule has 4 nitrogen and oxygen atoms in total. The monoisotopic (exact) mass is 149 g/mol. The third-order valence-corrected chi connectivity index (χ3v) is 1.63. The van der Waals surface area contributed by atoms with Crippen molar-refractivity contribution in [2.75, 3.05) is 0 Å². The van der Waals surface area contributed by atoms with E-state index in [9.17, 15) is 4.79 Å². The van der Waals surface area contributed by atoms with E-state index in [-0.39, 0.29) is 5.69 Å². The van der Waals surface area contributed by atoms with Gasteiger partial charge >= 0.3 is 5.69 Å². The van der Waals surface area contributed by atoms with Crippen molar-refractivity contribution in [2.45, 2.75) is 6.92 Å². The molecule has 0 unspecified atom stereocenters. The number of hydrogen-bond donors (Lipinski definition) is 1. The molecule has 0 spiro atoms. The highest BCUT2D eigenvalue weighted by Gasteiger charge is 1.95. The Morgan fingerprint density at radius 2 is 2.36 bits per heavy atom. The third kappa shape index (κ3) is 0.832. The number of nitrogens with one attached hydrogen (secondary N) is 1. The molecule has 4 heteroatoms. The van der Waals surface area contributed by atoms with E-state index in [1.165, 1.54) is 0 Å². The molecule has 2 aromatic rings. The molecule has 2 aromatic heterocycles. The zero-order valence-corrected chi connectivity index (χ0v) is 6.03. The molecule has 1 N–H and O–H groups in total. The number of aromatic nitrogens is 3. The van der Waals surface area contributed by atoms with Crippen molar-refractivity contribution in [3.05, 3.63) is 34.5 Å². The molecule has 0 aliphatic heterocycles. The first-order valence-corrected chi connectivity index (χ1v) is 3.31. The van der Waals surface area contributed by atoms with Crippen molar-refractivity contribution in [1.82, 2.24) is 14.6 Å². The summed E-state index contributed by atoms with van der Waals surface area (Å²) < 4.78 is 1.70. The van der Waals surface area contributed by atoms with E-state index < -0.39 is 0 Å². The fourth-order valence-corrected chi connectivity index (χ4v) is 1.06. The Morgan fingerprint density at radius 3 is 3.18 bits per heavy atom. The van der Waals surface area contributed by atoms with Crippen molar-refractivity contribution in [1.29, 1.82) is 0 Å². The van der Waals surface area contributed by atoms with Gasteiger partial charge in [0.1, 0.15) is 0 Å². The normalized spacial score (nSPS) is 10.6. The van der Waals surface area contributed by atoms with Crippen LogP contribution in [-0.2, 0) is 0 Å². The van der Waals surface area contributed by atoms with Crippen LogP contribution in [0.15, 0.2) is 23.1 Å². The van der Waals surface area contributed by atoms with Gasteiger partial charge < -0.3 is 0 Å². The molecular weight excluding hydrogens is 142 g/mol. The zero-order valence-electron chi connectivity index (χ0n) is 6.03. The Labute approximate surface area is 62.5 Å². The fraction of sp³-hybridized carbons (Fsp3) is 0.143. The van der Waals surface area contributed by atoms with Gasteiger partial charge in [0.2, 0.25) is 0 Å². The van der Waals surface area contributed by atoms with Gasteiger partial charge in [-0.2, -0.15) is 4.98 Å². The number of rotatable bonds is 0. The SMILES string of the molecule is Cc1ccc2cnc(=O)[nH]n12. The van der Waals surface area contributed by atoms with Gasteiger partial charge in [-0.1, -0.05) is 0 Å². The van der Waals surface area contributed by atoms with E-state index in [1.807, 2.05) is 19.1 Å². The van der Waals surface area contributed by atoms with Crippen LogP contribution < -0.4 is 5.69 Å². The second-order valence-corrected chi connectivity index (χ2v) is 2.41. The van der Waals surface area contributed by atoms with Crippen LogP contribution in [0.5, 0.6) is 0 Å². The van der Waals surface area contributed by atoms with Crippen molar-refractivity contribution in [3.8, 4) is 0 Å². The predicted octanol–water partition coefficient (Wildman–Crippen LogP) is 0.331.